The third-order valence-corrected chi connectivity index (χ3v) is 4.71. The molecule has 29 heavy (non-hydrogen) atoms. The third-order valence-electron chi connectivity index (χ3n) is 4.71. The Labute approximate surface area is 168 Å². The average molecular weight is 388 g/mol. The first kappa shape index (κ1) is 18.5. The number of pyridine rings is 1. The summed E-state index contributed by atoms with van der Waals surface area (Å²) < 4.78 is 16.3. The summed E-state index contributed by atoms with van der Waals surface area (Å²) in [6.07, 6.45) is 1.41. The van der Waals surface area contributed by atoms with Gasteiger partial charge in [-0.1, -0.05) is 18.2 Å². The van der Waals surface area contributed by atoms with E-state index in [4.69, 9.17) is 24.9 Å². The Morgan fingerprint density at radius 2 is 1.52 bits per heavy atom. The molecule has 0 aliphatic carbocycles. The topological polar surface area (TPSA) is 92.4 Å². The van der Waals surface area contributed by atoms with E-state index >= 15 is 0 Å². The Morgan fingerprint density at radius 1 is 0.759 bits per heavy atom. The van der Waals surface area contributed by atoms with E-state index in [1.54, 1.807) is 21.3 Å². The van der Waals surface area contributed by atoms with E-state index in [1.165, 1.54) is 6.33 Å². The van der Waals surface area contributed by atoms with E-state index in [-0.39, 0.29) is 0 Å². The molecule has 0 fully saturated rings. The molecule has 7 heteroatoms. The van der Waals surface area contributed by atoms with Crippen LogP contribution in [0.15, 0.2) is 54.9 Å². The Hall–Kier alpha value is -3.87. The lowest BCUT2D eigenvalue weighted by atomic mass is 9.99. The van der Waals surface area contributed by atoms with Gasteiger partial charge in [0, 0.05) is 5.56 Å². The number of anilines is 1. The maximum atomic E-state index is 6.19. The fourth-order valence-electron chi connectivity index (χ4n) is 3.31. The second-order valence-electron chi connectivity index (χ2n) is 6.28. The highest BCUT2D eigenvalue weighted by Crippen LogP contribution is 2.39. The third kappa shape index (κ3) is 3.27. The molecule has 0 bridgehead atoms. The van der Waals surface area contributed by atoms with Crippen LogP contribution in [-0.2, 0) is 0 Å². The Balaban J connectivity index is 2.02. The highest BCUT2D eigenvalue weighted by Gasteiger charge is 2.17. The van der Waals surface area contributed by atoms with E-state index < -0.39 is 0 Å². The maximum Gasteiger partial charge on any atom is 0.165 e. The first-order valence-corrected chi connectivity index (χ1v) is 8.93. The van der Waals surface area contributed by atoms with Crippen molar-refractivity contribution in [2.75, 3.05) is 27.1 Å². The van der Waals surface area contributed by atoms with Gasteiger partial charge in [0.25, 0.3) is 0 Å². The number of ether oxygens (including phenoxy) is 3. The Morgan fingerprint density at radius 3 is 2.28 bits per heavy atom. The molecule has 0 aliphatic rings. The second kappa shape index (κ2) is 7.63. The molecule has 0 radical (unpaired) electrons. The molecule has 0 unspecified atom stereocenters. The number of rotatable bonds is 5. The summed E-state index contributed by atoms with van der Waals surface area (Å²) in [7, 11) is 4.84. The van der Waals surface area contributed by atoms with Crippen LogP contribution in [0.25, 0.3) is 33.4 Å². The molecule has 0 saturated heterocycles. The van der Waals surface area contributed by atoms with Crippen LogP contribution in [0.3, 0.4) is 0 Å². The van der Waals surface area contributed by atoms with Gasteiger partial charge >= 0.3 is 0 Å². The summed E-state index contributed by atoms with van der Waals surface area (Å²) in [5.74, 6) is 2.34. The summed E-state index contributed by atoms with van der Waals surface area (Å²) in [6, 6.07) is 15.3. The summed E-state index contributed by atoms with van der Waals surface area (Å²) in [6.45, 7) is 0. The van der Waals surface area contributed by atoms with Gasteiger partial charge in [-0.2, -0.15) is 0 Å². The first-order valence-electron chi connectivity index (χ1n) is 8.93. The number of nitrogens with two attached hydrogens (primary N) is 1. The highest BCUT2D eigenvalue weighted by atomic mass is 16.5. The van der Waals surface area contributed by atoms with Crippen molar-refractivity contribution in [2.45, 2.75) is 0 Å². The van der Waals surface area contributed by atoms with Crippen molar-refractivity contribution < 1.29 is 14.2 Å². The lowest BCUT2D eigenvalue weighted by Gasteiger charge is -2.14. The van der Waals surface area contributed by atoms with E-state index in [0.717, 1.165) is 28.1 Å². The van der Waals surface area contributed by atoms with Crippen LogP contribution in [-0.4, -0.2) is 36.3 Å². The van der Waals surface area contributed by atoms with Crippen LogP contribution in [0.2, 0.25) is 0 Å². The van der Waals surface area contributed by atoms with Gasteiger partial charge in [0.05, 0.1) is 32.4 Å². The predicted octanol–water partition coefficient (Wildman–Crippen LogP) is 3.97. The number of aromatic nitrogens is 3. The van der Waals surface area contributed by atoms with Crippen LogP contribution in [0.1, 0.15) is 0 Å². The lowest BCUT2D eigenvalue weighted by Crippen LogP contribution is -1.99. The molecule has 146 valence electrons. The van der Waals surface area contributed by atoms with Crippen LogP contribution >= 0.6 is 0 Å². The average Bonchev–Trinajstić information content (AvgIpc) is 2.78. The largest absolute Gasteiger partial charge is 0.496 e. The second-order valence-corrected chi connectivity index (χ2v) is 6.28. The van der Waals surface area contributed by atoms with Gasteiger partial charge in [-0.05, 0) is 41.5 Å². The lowest BCUT2D eigenvalue weighted by molar-refractivity contribution is 0.355. The standard InChI is InChI=1S/C22H20N4O3/c1-27-17-7-5-4-6-14(17)16-11-15(20-21(23)24-12-25-22(20)26-16)13-8-9-18(28-2)19(10-13)29-3/h4-12H,1-3H3,(H2,23,24,25,26). The van der Waals surface area contributed by atoms with Crippen molar-refractivity contribution in [1.29, 1.82) is 0 Å². The number of benzene rings is 2. The van der Waals surface area contributed by atoms with Crippen molar-refractivity contribution in [2.24, 2.45) is 0 Å². The van der Waals surface area contributed by atoms with E-state index in [9.17, 15) is 0 Å². The van der Waals surface area contributed by atoms with Gasteiger partial charge in [0.1, 0.15) is 17.9 Å². The van der Waals surface area contributed by atoms with Crippen LogP contribution in [0, 0.1) is 0 Å². The fraction of sp³-hybridized carbons (Fsp3) is 0.136. The first-order chi connectivity index (χ1) is 14.2. The van der Waals surface area contributed by atoms with Crippen LogP contribution in [0.5, 0.6) is 17.2 Å². The molecule has 2 N–H and O–H groups in total. The summed E-state index contributed by atoms with van der Waals surface area (Å²) in [4.78, 5) is 13.2. The predicted molar refractivity (Wildman–Crippen MR) is 112 cm³/mol. The molecule has 4 aromatic rings. The van der Waals surface area contributed by atoms with Crippen LogP contribution < -0.4 is 19.9 Å². The van der Waals surface area contributed by atoms with E-state index in [2.05, 4.69) is 9.97 Å². The van der Waals surface area contributed by atoms with E-state index in [0.29, 0.717) is 28.4 Å². The van der Waals surface area contributed by atoms with E-state index in [1.807, 2.05) is 48.5 Å². The molecule has 0 saturated carbocycles. The van der Waals surface area contributed by atoms with Crippen molar-refractivity contribution in [1.82, 2.24) is 15.0 Å². The Kier molecular flexibility index (Phi) is 4.87. The molecule has 0 atom stereocenters. The minimum absolute atomic E-state index is 0.360. The number of fused-ring (bicyclic) bond motifs is 1. The number of para-hydroxylation sites is 1. The summed E-state index contributed by atoms with van der Waals surface area (Å²) in [5, 5.41) is 0.679. The number of nitrogen functional groups attached to an aromatic ring is 1. The van der Waals surface area contributed by atoms with Gasteiger partial charge in [0.2, 0.25) is 0 Å². The number of hydrogen-bond donors (Lipinski definition) is 1. The molecule has 0 spiro atoms. The molecular weight excluding hydrogens is 368 g/mol. The van der Waals surface area contributed by atoms with Gasteiger partial charge in [-0.15, -0.1) is 0 Å². The fourth-order valence-corrected chi connectivity index (χ4v) is 3.31. The van der Waals surface area contributed by atoms with Crippen molar-refractivity contribution >= 4 is 16.9 Å². The summed E-state index contributed by atoms with van der Waals surface area (Å²) in [5.41, 5.74) is 10.0. The minimum Gasteiger partial charge on any atom is -0.496 e. The molecule has 2 heterocycles. The van der Waals surface area contributed by atoms with Crippen molar-refractivity contribution in [3.63, 3.8) is 0 Å². The smallest absolute Gasteiger partial charge is 0.165 e. The van der Waals surface area contributed by atoms with Crippen LogP contribution in [0.4, 0.5) is 5.82 Å². The number of nitrogens with zero attached hydrogens (tertiary/aromatic N) is 3. The summed E-state index contributed by atoms with van der Waals surface area (Å²) >= 11 is 0. The zero-order chi connectivity index (χ0) is 20.4. The highest BCUT2D eigenvalue weighted by molar-refractivity contribution is 6.01. The molecule has 2 aromatic heterocycles. The monoisotopic (exact) mass is 388 g/mol. The SMILES string of the molecule is COc1ccc(-c2cc(-c3ccccc3OC)nc3ncnc(N)c23)cc1OC. The maximum absolute atomic E-state index is 6.19. The zero-order valence-corrected chi connectivity index (χ0v) is 16.3. The van der Waals surface area contributed by atoms with Gasteiger partial charge in [-0.25, -0.2) is 15.0 Å². The number of methoxy groups -OCH3 is 3. The van der Waals surface area contributed by atoms with Crippen molar-refractivity contribution in [3.8, 4) is 39.6 Å². The normalized spacial score (nSPS) is 10.7. The molecular formula is C22H20N4O3. The molecule has 0 amide bonds. The van der Waals surface area contributed by atoms with Gasteiger partial charge < -0.3 is 19.9 Å². The minimum atomic E-state index is 0.360. The quantitative estimate of drug-likeness (QED) is 0.553. The molecule has 0 aliphatic heterocycles. The molecule has 4 rings (SSSR count). The Bertz CT molecular complexity index is 1190. The number of hydrogen-bond acceptors (Lipinski definition) is 7. The van der Waals surface area contributed by atoms with Gasteiger partial charge in [-0.3, -0.25) is 0 Å². The van der Waals surface area contributed by atoms with Crippen molar-refractivity contribution in [3.05, 3.63) is 54.9 Å². The molecule has 2 aromatic carbocycles. The zero-order valence-electron chi connectivity index (χ0n) is 16.3. The van der Waals surface area contributed by atoms with Gasteiger partial charge in [0.15, 0.2) is 17.1 Å². The molecule has 7 nitrogen and oxygen atoms in total.